The Kier molecular flexibility index (Phi) is 6.52. The van der Waals surface area contributed by atoms with Crippen LogP contribution >= 0.6 is 12.4 Å². The van der Waals surface area contributed by atoms with E-state index < -0.39 is 6.04 Å². The first-order valence-corrected chi connectivity index (χ1v) is 6.18. The van der Waals surface area contributed by atoms with E-state index >= 15 is 0 Å². The minimum absolute atomic E-state index is 0. The van der Waals surface area contributed by atoms with Gasteiger partial charge in [0, 0.05) is 11.2 Å². The molecule has 0 fully saturated rings. The molecule has 1 aromatic carbocycles. The molecular formula is C14H22ClN3O2. The molecule has 1 atom stereocenters. The van der Waals surface area contributed by atoms with Gasteiger partial charge in [0.1, 0.15) is 6.04 Å². The Morgan fingerprint density at radius 1 is 1.20 bits per heavy atom. The zero-order valence-electron chi connectivity index (χ0n) is 12.2. The summed E-state index contributed by atoms with van der Waals surface area (Å²) in [7, 11) is 0. The van der Waals surface area contributed by atoms with Gasteiger partial charge in [0.2, 0.25) is 5.91 Å². The highest BCUT2D eigenvalue weighted by Crippen LogP contribution is 2.10. The highest BCUT2D eigenvalue weighted by atomic mass is 35.5. The summed E-state index contributed by atoms with van der Waals surface area (Å²) in [4.78, 5) is 23.8. The van der Waals surface area contributed by atoms with Crippen molar-refractivity contribution in [3.63, 3.8) is 0 Å². The molecule has 0 radical (unpaired) electrons. The summed E-state index contributed by atoms with van der Waals surface area (Å²) in [5.41, 5.74) is 6.15. The first-order valence-electron chi connectivity index (χ1n) is 6.18. The molecule has 4 N–H and O–H groups in total. The fourth-order valence-electron chi connectivity index (χ4n) is 1.52. The first kappa shape index (κ1) is 18.2. The summed E-state index contributed by atoms with van der Waals surface area (Å²) in [5.74, 6) is -0.579. The predicted molar refractivity (Wildman–Crippen MR) is 82.9 cm³/mol. The number of para-hydroxylation sites is 1. The van der Waals surface area contributed by atoms with E-state index in [9.17, 15) is 9.59 Å². The fraction of sp³-hybridized carbons (Fsp3) is 0.429. The van der Waals surface area contributed by atoms with Gasteiger partial charge in [0.15, 0.2) is 0 Å². The van der Waals surface area contributed by atoms with Gasteiger partial charge in [-0.25, -0.2) is 0 Å². The Morgan fingerprint density at radius 2 is 1.75 bits per heavy atom. The van der Waals surface area contributed by atoms with E-state index in [1.165, 1.54) is 0 Å². The van der Waals surface area contributed by atoms with E-state index in [1.807, 2.05) is 20.8 Å². The van der Waals surface area contributed by atoms with Gasteiger partial charge in [0.05, 0.1) is 5.56 Å². The van der Waals surface area contributed by atoms with Gasteiger partial charge in [-0.1, -0.05) is 12.1 Å². The van der Waals surface area contributed by atoms with Crippen molar-refractivity contribution in [2.45, 2.75) is 39.3 Å². The summed E-state index contributed by atoms with van der Waals surface area (Å²) in [6.07, 6.45) is 0. The zero-order chi connectivity index (χ0) is 14.6. The van der Waals surface area contributed by atoms with Gasteiger partial charge >= 0.3 is 0 Å². The number of nitrogens with two attached hydrogens (primary N) is 1. The molecule has 1 rings (SSSR count). The second-order valence-corrected chi connectivity index (χ2v) is 5.52. The number of carbonyl (C=O) groups excluding carboxylic acids is 2. The third kappa shape index (κ3) is 5.48. The van der Waals surface area contributed by atoms with E-state index in [2.05, 4.69) is 10.6 Å². The average molecular weight is 300 g/mol. The van der Waals surface area contributed by atoms with Gasteiger partial charge in [-0.2, -0.15) is 0 Å². The number of anilines is 1. The second-order valence-electron chi connectivity index (χ2n) is 5.52. The molecule has 112 valence electrons. The lowest BCUT2D eigenvalue weighted by atomic mass is 10.1. The standard InChI is InChI=1S/C14H21N3O2.ClH/c1-9(12(18)17-14(2,3)4)16-13(19)10-7-5-6-8-11(10)15;/h5-9H,15H2,1-4H3,(H,16,19)(H,17,18);1H. The third-order valence-electron chi connectivity index (χ3n) is 2.44. The van der Waals surface area contributed by atoms with E-state index in [-0.39, 0.29) is 29.8 Å². The summed E-state index contributed by atoms with van der Waals surface area (Å²) in [5, 5.41) is 5.43. The number of benzene rings is 1. The Hall–Kier alpha value is -1.75. The molecule has 1 unspecified atom stereocenters. The van der Waals surface area contributed by atoms with E-state index in [0.717, 1.165) is 0 Å². The quantitative estimate of drug-likeness (QED) is 0.743. The maximum atomic E-state index is 12.0. The maximum Gasteiger partial charge on any atom is 0.254 e. The van der Waals surface area contributed by atoms with E-state index in [0.29, 0.717) is 11.3 Å². The van der Waals surface area contributed by atoms with Crippen LogP contribution in [0.25, 0.3) is 0 Å². The first-order chi connectivity index (χ1) is 8.70. The monoisotopic (exact) mass is 299 g/mol. The highest BCUT2D eigenvalue weighted by molar-refractivity contribution is 6.01. The molecule has 1 aromatic rings. The van der Waals surface area contributed by atoms with Crippen LogP contribution in [0.5, 0.6) is 0 Å². The molecule has 20 heavy (non-hydrogen) atoms. The summed E-state index contributed by atoms with van der Waals surface area (Å²) >= 11 is 0. The van der Waals surface area contributed by atoms with Gasteiger partial charge in [-0.15, -0.1) is 12.4 Å². The highest BCUT2D eigenvalue weighted by Gasteiger charge is 2.21. The number of amides is 2. The van der Waals surface area contributed by atoms with Crippen molar-refractivity contribution in [3.8, 4) is 0 Å². The Labute approximate surface area is 125 Å². The van der Waals surface area contributed by atoms with E-state index in [1.54, 1.807) is 31.2 Å². The SMILES string of the molecule is CC(NC(=O)c1ccccc1N)C(=O)NC(C)(C)C.Cl. The van der Waals surface area contributed by atoms with Crippen molar-refractivity contribution in [2.75, 3.05) is 5.73 Å². The number of hydrogen-bond donors (Lipinski definition) is 3. The van der Waals surface area contributed by atoms with Crippen LogP contribution < -0.4 is 16.4 Å². The Morgan fingerprint density at radius 3 is 2.25 bits per heavy atom. The van der Waals surface area contributed by atoms with Gasteiger partial charge < -0.3 is 16.4 Å². The molecule has 0 aliphatic carbocycles. The maximum absolute atomic E-state index is 12.0. The molecule has 0 heterocycles. The van der Waals surface area contributed by atoms with Crippen molar-refractivity contribution >= 4 is 29.9 Å². The van der Waals surface area contributed by atoms with E-state index in [4.69, 9.17) is 5.73 Å². The number of nitrogen functional groups attached to an aromatic ring is 1. The Bertz CT molecular complexity index is 484. The van der Waals surface area contributed by atoms with Gasteiger partial charge in [0.25, 0.3) is 5.91 Å². The fourth-order valence-corrected chi connectivity index (χ4v) is 1.52. The minimum atomic E-state index is -0.619. The normalized spacial score (nSPS) is 12.0. The number of rotatable bonds is 3. The number of halogens is 1. The smallest absolute Gasteiger partial charge is 0.254 e. The van der Waals surface area contributed by atoms with Crippen molar-refractivity contribution < 1.29 is 9.59 Å². The average Bonchev–Trinajstić information content (AvgIpc) is 2.27. The van der Waals surface area contributed by atoms with Gasteiger partial charge in [-0.3, -0.25) is 9.59 Å². The summed E-state index contributed by atoms with van der Waals surface area (Å²) in [6.45, 7) is 7.29. The topological polar surface area (TPSA) is 84.2 Å². The third-order valence-corrected chi connectivity index (χ3v) is 2.44. The van der Waals surface area contributed by atoms with Crippen LogP contribution in [0.15, 0.2) is 24.3 Å². The summed E-state index contributed by atoms with van der Waals surface area (Å²) < 4.78 is 0. The summed E-state index contributed by atoms with van der Waals surface area (Å²) in [6, 6.07) is 6.13. The molecule has 2 amide bonds. The van der Waals surface area contributed by atoms with Gasteiger partial charge in [-0.05, 0) is 39.8 Å². The minimum Gasteiger partial charge on any atom is -0.398 e. The number of nitrogens with one attached hydrogen (secondary N) is 2. The molecule has 0 bridgehead atoms. The molecule has 0 aromatic heterocycles. The van der Waals surface area contributed by atoms with Crippen LogP contribution in [0.1, 0.15) is 38.1 Å². The van der Waals surface area contributed by atoms with Crippen LogP contribution in [0.3, 0.4) is 0 Å². The molecule has 0 spiro atoms. The predicted octanol–water partition coefficient (Wildman–Crippen LogP) is 1.72. The van der Waals surface area contributed by atoms with Crippen LogP contribution in [-0.2, 0) is 4.79 Å². The molecule has 0 aliphatic heterocycles. The molecule has 5 nitrogen and oxygen atoms in total. The van der Waals surface area contributed by atoms with Crippen molar-refractivity contribution in [3.05, 3.63) is 29.8 Å². The lowest BCUT2D eigenvalue weighted by Gasteiger charge is -2.23. The van der Waals surface area contributed by atoms with Crippen molar-refractivity contribution in [1.82, 2.24) is 10.6 Å². The van der Waals surface area contributed by atoms with Crippen LogP contribution in [0, 0.1) is 0 Å². The largest absolute Gasteiger partial charge is 0.398 e. The number of hydrogen-bond acceptors (Lipinski definition) is 3. The Balaban J connectivity index is 0.00000361. The zero-order valence-corrected chi connectivity index (χ0v) is 13.0. The molecule has 0 saturated heterocycles. The van der Waals surface area contributed by atoms with Crippen LogP contribution in [0.4, 0.5) is 5.69 Å². The van der Waals surface area contributed by atoms with Crippen LogP contribution in [0.2, 0.25) is 0 Å². The lowest BCUT2D eigenvalue weighted by molar-refractivity contribution is -0.124. The lowest BCUT2D eigenvalue weighted by Crippen LogP contribution is -2.50. The number of carbonyl (C=O) groups is 2. The molecule has 6 heteroatoms. The second kappa shape index (κ2) is 7.14. The van der Waals surface area contributed by atoms with Crippen molar-refractivity contribution in [1.29, 1.82) is 0 Å². The van der Waals surface area contributed by atoms with Crippen molar-refractivity contribution in [2.24, 2.45) is 0 Å². The molecule has 0 aliphatic rings. The molecule has 0 saturated carbocycles. The molecular weight excluding hydrogens is 278 g/mol. The van der Waals surface area contributed by atoms with Crippen LogP contribution in [-0.4, -0.2) is 23.4 Å².